The van der Waals surface area contributed by atoms with E-state index in [0.717, 1.165) is 11.8 Å². The lowest BCUT2D eigenvalue weighted by molar-refractivity contribution is -0.0604. The number of nitrogens with zero attached hydrogens (tertiary/aromatic N) is 4. The van der Waals surface area contributed by atoms with Crippen molar-refractivity contribution in [3.63, 3.8) is 0 Å². The highest BCUT2D eigenvalue weighted by molar-refractivity contribution is 7.90. The predicted octanol–water partition coefficient (Wildman–Crippen LogP) is 3.33. The first-order valence-corrected chi connectivity index (χ1v) is 21.0. The first kappa shape index (κ1) is 31.3. The van der Waals surface area contributed by atoms with Gasteiger partial charge in [0.2, 0.25) is 0 Å². The van der Waals surface area contributed by atoms with Crippen molar-refractivity contribution in [1.82, 2.24) is 19.9 Å². The minimum Gasteiger partial charge on any atom is -0.414 e. The van der Waals surface area contributed by atoms with E-state index < -0.39 is 50.8 Å². The van der Waals surface area contributed by atoms with Crippen molar-refractivity contribution in [1.29, 1.82) is 0 Å². The summed E-state index contributed by atoms with van der Waals surface area (Å²) in [5, 5.41) is 8.83. The molecule has 4 atom stereocenters. The second-order valence-corrected chi connectivity index (χ2v) is 25.0. The quantitative estimate of drug-likeness (QED) is 0.358. The number of hydrogen-bond donors (Lipinski definition) is 1. The van der Waals surface area contributed by atoms with Crippen molar-refractivity contribution < 1.29 is 31.0 Å². The van der Waals surface area contributed by atoms with Gasteiger partial charge < -0.3 is 24.2 Å². The topological polar surface area (TPSA) is 148 Å². The monoisotopic (exact) mass is 615 g/mol. The summed E-state index contributed by atoms with van der Waals surface area (Å²) in [6.07, 6.45) is -0.756. The molecule has 15 heteroatoms. The van der Waals surface area contributed by atoms with Gasteiger partial charge in [-0.05, 0) is 42.7 Å². The summed E-state index contributed by atoms with van der Waals surface area (Å²) >= 11 is 0. The van der Waals surface area contributed by atoms with E-state index in [1.165, 1.54) is 10.9 Å². The first-order valence-electron chi connectivity index (χ1n) is 13.7. The molecule has 4 unspecified atom stereocenters. The predicted molar refractivity (Wildman–Crippen MR) is 155 cm³/mol. The molecule has 4 rings (SSSR count). The molecule has 0 aliphatic carbocycles. The van der Waals surface area contributed by atoms with E-state index in [4.69, 9.17) is 23.5 Å². The van der Waals surface area contributed by atoms with Gasteiger partial charge in [-0.15, -0.1) is 5.10 Å². The second kappa shape index (κ2) is 9.98. The number of aromatic nitrogens is 3. The summed E-state index contributed by atoms with van der Waals surface area (Å²) in [6.45, 7) is 22.2. The zero-order valence-corrected chi connectivity index (χ0v) is 28.2. The van der Waals surface area contributed by atoms with Crippen LogP contribution in [0.4, 0.5) is 0 Å². The molecule has 1 amide bonds. The SMILES string of the molecule is CC(C)(C)[Si](C)(C)OCC1OC(n2nncc2C(=O)N2CCC2)C(O[Si](C)(C)C(C)(C)C)C12OS(=O)(=O)C=C2N. The first-order chi connectivity index (χ1) is 18.1. The average Bonchev–Trinajstić information content (AvgIpc) is 3.39. The highest BCUT2D eigenvalue weighted by Gasteiger charge is 2.67. The summed E-state index contributed by atoms with van der Waals surface area (Å²) < 4.78 is 53.1. The lowest BCUT2D eigenvalue weighted by Crippen LogP contribution is -2.59. The molecule has 1 aromatic rings. The van der Waals surface area contributed by atoms with E-state index in [2.05, 4.69) is 64.9 Å². The normalized spacial score (nSPS) is 29.1. The van der Waals surface area contributed by atoms with Crippen LogP contribution in [-0.2, 0) is 27.9 Å². The standard InChI is InChI=1S/C25H45N5O7SSi2/c1-23(2,3)39(7,8)34-15-19-25(18(26)16-38(32,33)37-25)20(36-40(9,10)24(4,5)6)22(35-19)30-17(14-27-28-30)21(31)29-12-11-13-29/h14,16,19-20,22H,11-13,15,26H2,1-10H3. The lowest BCUT2D eigenvalue weighted by atomic mass is 9.89. The molecule has 2 N–H and O–H groups in total. The third-order valence-corrected chi connectivity index (χ3v) is 19.3. The van der Waals surface area contributed by atoms with Crippen LogP contribution in [0.5, 0.6) is 0 Å². The van der Waals surface area contributed by atoms with Crippen molar-refractivity contribution >= 4 is 32.7 Å². The summed E-state index contributed by atoms with van der Waals surface area (Å²) in [7, 11) is -9.05. The third kappa shape index (κ3) is 5.33. The summed E-state index contributed by atoms with van der Waals surface area (Å²) in [6, 6.07) is 0. The molecular formula is C25H45N5O7SSi2. The van der Waals surface area contributed by atoms with Gasteiger partial charge in [-0.2, -0.15) is 8.42 Å². The van der Waals surface area contributed by atoms with Gasteiger partial charge >= 0.3 is 0 Å². The van der Waals surface area contributed by atoms with Crippen LogP contribution in [0, 0.1) is 0 Å². The second-order valence-electron chi connectivity index (χ2n) is 14.0. The van der Waals surface area contributed by atoms with Crippen molar-refractivity contribution in [2.45, 2.75) is 108 Å². The van der Waals surface area contributed by atoms with Gasteiger partial charge in [-0.1, -0.05) is 46.8 Å². The molecule has 40 heavy (non-hydrogen) atoms. The van der Waals surface area contributed by atoms with Crippen LogP contribution in [0.2, 0.25) is 36.3 Å². The zero-order valence-electron chi connectivity index (χ0n) is 25.3. The molecular weight excluding hydrogens is 571 g/mol. The van der Waals surface area contributed by atoms with E-state index in [0.29, 0.717) is 13.1 Å². The van der Waals surface area contributed by atoms with Gasteiger partial charge in [0, 0.05) is 13.1 Å². The minimum atomic E-state index is -4.15. The number of nitrogens with two attached hydrogens (primary N) is 1. The molecule has 0 bridgehead atoms. The van der Waals surface area contributed by atoms with Crippen LogP contribution in [0.15, 0.2) is 17.3 Å². The zero-order chi connectivity index (χ0) is 30.1. The molecule has 12 nitrogen and oxygen atoms in total. The Labute approximate surface area is 239 Å². The lowest BCUT2D eigenvalue weighted by Gasteiger charge is -2.43. The molecule has 1 aromatic heterocycles. The Balaban J connectivity index is 1.84. The Morgan fingerprint density at radius 3 is 2.20 bits per heavy atom. The Morgan fingerprint density at radius 2 is 1.73 bits per heavy atom. The van der Waals surface area contributed by atoms with Gasteiger partial charge in [0.05, 0.1) is 23.9 Å². The Kier molecular flexibility index (Phi) is 7.82. The molecule has 2 saturated heterocycles. The smallest absolute Gasteiger partial charge is 0.292 e. The van der Waals surface area contributed by atoms with Crippen molar-refractivity contribution in [2.24, 2.45) is 5.73 Å². The number of amides is 1. The highest BCUT2D eigenvalue weighted by atomic mass is 32.2. The van der Waals surface area contributed by atoms with Gasteiger partial charge in [-0.3, -0.25) is 4.79 Å². The number of likely N-dealkylation sites (tertiary alicyclic amines) is 1. The number of carbonyl (C=O) groups excluding carboxylic acids is 1. The van der Waals surface area contributed by atoms with Gasteiger partial charge in [0.15, 0.2) is 28.5 Å². The molecule has 4 heterocycles. The van der Waals surface area contributed by atoms with Crippen LogP contribution in [-0.4, -0.2) is 88.4 Å². The van der Waals surface area contributed by atoms with Crippen LogP contribution < -0.4 is 5.73 Å². The van der Waals surface area contributed by atoms with Gasteiger partial charge in [0.1, 0.15) is 17.9 Å². The van der Waals surface area contributed by atoms with E-state index in [1.54, 1.807) is 4.90 Å². The fourth-order valence-electron chi connectivity index (χ4n) is 4.45. The molecule has 3 aliphatic rings. The van der Waals surface area contributed by atoms with E-state index >= 15 is 0 Å². The summed E-state index contributed by atoms with van der Waals surface area (Å²) in [5.74, 6) is -0.232. The third-order valence-electron chi connectivity index (χ3n) is 9.25. The fourth-order valence-corrected chi connectivity index (χ4v) is 7.96. The van der Waals surface area contributed by atoms with Crippen molar-refractivity contribution in [2.75, 3.05) is 19.7 Å². The van der Waals surface area contributed by atoms with Crippen molar-refractivity contribution in [3.05, 3.63) is 23.0 Å². The number of carbonyl (C=O) groups is 1. The Hall–Kier alpha value is -1.63. The average molecular weight is 616 g/mol. The molecule has 3 aliphatic heterocycles. The molecule has 226 valence electrons. The molecule has 1 spiro atoms. The van der Waals surface area contributed by atoms with E-state index in [-0.39, 0.29) is 34.0 Å². The Morgan fingerprint density at radius 1 is 1.12 bits per heavy atom. The van der Waals surface area contributed by atoms with Gasteiger partial charge in [-0.25, -0.2) is 8.86 Å². The number of hydrogen-bond acceptors (Lipinski definition) is 10. The molecule has 2 fully saturated rings. The number of rotatable bonds is 7. The molecule has 0 radical (unpaired) electrons. The molecule has 0 aromatic carbocycles. The van der Waals surface area contributed by atoms with Gasteiger partial charge in [0.25, 0.3) is 16.0 Å². The maximum Gasteiger partial charge on any atom is 0.292 e. The summed E-state index contributed by atoms with van der Waals surface area (Å²) in [5.41, 5.74) is 5.00. The largest absolute Gasteiger partial charge is 0.414 e. The maximum absolute atomic E-state index is 13.3. The highest BCUT2D eigenvalue weighted by Crippen LogP contribution is 2.52. The van der Waals surface area contributed by atoms with Crippen LogP contribution >= 0.6 is 0 Å². The van der Waals surface area contributed by atoms with Crippen LogP contribution in [0.1, 0.15) is 64.7 Å². The van der Waals surface area contributed by atoms with Crippen LogP contribution in [0.25, 0.3) is 0 Å². The van der Waals surface area contributed by atoms with Crippen molar-refractivity contribution in [3.8, 4) is 0 Å². The molecule has 0 saturated carbocycles. The van der Waals surface area contributed by atoms with E-state index in [1.807, 2.05) is 13.1 Å². The van der Waals surface area contributed by atoms with E-state index in [9.17, 15) is 13.2 Å². The minimum absolute atomic E-state index is 0.0124. The maximum atomic E-state index is 13.3. The number of ether oxygens (including phenoxy) is 1. The fraction of sp³-hybridized carbons (Fsp3) is 0.800. The van der Waals surface area contributed by atoms with Crippen LogP contribution in [0.3, 0.4) is 0 Å². The Bertz CT molecular complexity index is 1280. The summed E-state index contributed by atoms with van der Waals surface area (Å²) in [4.78, 5) is 15.0.